The molecule has 1 N–H and O–H groups in total. The predicted molar refractivity (Wildman–Crippen MR) is 66.9 cm³/mol. The Labute approximate surface area is 104 Å². The van der Waals surface area contributed by atoms with Gasteiger partial charge >= 0.3 is 0 Å². The lowest BCUT2D eigenvalue weighted by Crippen LogP contribution is -2.43. The van der Waals surface area contributed by atoms with Crippen LogP contribution in [0.1, 0.15) is 27.2 Å². The molecule has 0 aromatic rings. The molecule has 0 radical (unpaired) electrons. The topological polar surface area (TPSA) is 66.5 Å². The second kappa shape index (κ2) is 5.73. The minimum absolute atomic E-state index is 0.0222. The van der Waals surface area contributed by atoms with Gasteiger partial charge in [-0.3, -0.25) is 18.7 Å². The number of nitrogens with zero attached hydrogens (tertiary/aromatic N) is 1. The van der Waals surface area contributed by atoms with Crippen LogP contribution in [0.5, 0.6) is 0 Å². The van der Waals surface area contributed by atoms with Gasteiger partial charge in [-0.1, -0.05) is 0 Å². The lowest BCUT2D eigenvalue weighted by Gasteiger charge is -2.19. The van der Waals surface area contributed by atoms with Crippen molar-refractivity contribution in [3.05, 3.63) is 0 Å². The second-order valence-electron chi connectivity index (χ2n) is 4.67. The first kappa shape index (κ1) is 14.3. The lowest BCUT2D eigenvalue weighted by atomic mass is 10.2. The highest BCUT2D eigenvalue weighted by Crippen LogP contribution is 2.16. The maximum atomic E-state index is 11.9. The molecule has 6 heteroatoms. The van der Waals surface area contributed by atoms with E-state index < -0.39 is 16.8 Å². The van der Waals surface area contributed by atoms with E-state index >= 15 is 0 Å². The Bertz CT molecular complexity index is 344. The fourth-order valence-electron chi connectivity index (χ4n) is 1.78. The summed E-state index contributed by atoms with van der Waals surface area (Å²) < 4.78 is 11.2. The number of rotatable bonds is 5. The molecule has 1 aliphatic rings. The van der Waals surface area contributed by atoms with Gasteiger partial charge in [-0.05, 0) is 20.8 Å². The molecule has 0 aromatic heterocycles. The van der Waals surface area contributed by atoms with Crippen molar-refractivity contribution in [2.24, 2.45) is 0 Å². The maximum absolute atomic E-state index is 11.9. The van der Waals surface area contributed by atoms with E-state index in [4.69, 9.17) is 0 Å². The van der Waals surface area contributed by atoms with Crippen LogP contribution in [0.25, 0.3) is 0 Å². The SMILES string of the molecule is CC(C)N1C(=O)CC(NCC(C)S(C)=O)C1=O. The molecular formula is C11H20N2O3S. The molecule has 0 saturated carbocycles. The van der Waals surface area contributed by atoms with Crippen molar-refractivity contribution < 1.29 is 13.8 Å². The Balaban J connectivity index is 2.55. The van der Waals surface area contributed by atoms with Crippen molar-refractivity contribution in [2.45, 2.75) is 44.5 Å². The summed E-state index contributed by atoms with van der Waals surface area (Å²) in [4.78, 5) is 24.8. The molecule has 0 spiro atoms. The fourth-order valence-corrected chi connectivity index (χ4v) is 2.11. The van der Waals surface area contributed by atoms with Crippen LogP contribution in [0.4, 0.5) is 0 Å². The number of carbonyl (C=O) groups is 2. The van der Waals surface area contributed by atoms with E-state index in [0.717, 1.165) is 0 Å². The summed E-state index contributed by atoms with van der Waals surface area (Å²) >= 11 is 0. The number of carbonyl (C=O) groups excluding carboxylic acids is 2. The second-order valence-corrected chi connectivity index (χ2v) is 6.47. The highest BCUT2D eigenvalue weighted by atomic mass is 32.2. The first-order chi connectivity index (χ1) is 7.84. The third kappa shape index (κ3) is 3.35. The molecule has 1 aliphatic heterocycles. The van der Waals surface area contributed by atoms with E-state index in [9.17, 15) is 13.8 Å². The average Bonchev–Trinajstić information content (AvgIpc) is 2.50. The zero-order chi connectivity index (χ0) is 13.2. The Morgan fingerprint density at radius 3 is 2.41 bits per heavy atom. The predicted octanol–water partition coefficient (Wildman–Crippen LogP) is -0.121. The quantitative estimate of drug-likeness (QED) is 0.700. The molecule has 1 fully saturated rings. The van der Waals surface area contributed by atoms with Crippen LogP contribution >= 0.6 is 0 Å². The van der Waals surface area contributed by atoms with Crippen LogP contribution in [0.3, 0.4) is 0 Å². The normalized spacial score (nSPS) is 24.5. The van der Waals surface area contributed by atoms with Gasteiger partial charge in [0.05, 0.1) is 12.5 Å². The zero-order valence-corrected chi connectivity index (χ0v) is 11.5. The van der Waals surface area contributed by atoms with Gasteiger partial charge in [0.2, 0.25) is 11.8 Å². The summed E-state index contributed by atoms with van der Waals surface area (Å²) in [7, 11) is -0.920. The van der Waals surface area contributed by atoms with Crippen LogP contribution < -0.4 is 5.32 Å². The fraction of sp³-hybridized carbons (Fsp3) is 0.818. The summed E-state index contributed by atoms with van der Waals surface area (Å²) in [5, 5.41) is 3.00. The van der Waals surface area contributed by atoms with Gasteiger partial charge in [0.15, 0.2) is 0 Å². The summed E-state index contributed by atoms with van der Waals surface area (Å²) in [6.07, 6.45) is 1.84. The zero-order valence-electron chi connectivity index (χ0n) is 10.7. The van der Waals surface area contributed by atoms with E-state index in [1.54, 1.807) is 6.26 Å². The van der Waals surface area contributed by atoms with Crippen LogP contribution in [-0.4, -0.2) is 51.1 Å². The highest BCUT2D eigenvalue weighted by molar-refractivity contribution is 7.84. The minimum atomic E-state index is -0.920. The molecule has 0 aromatic carbocycles. The van der Waals surface area contributed by atoms with Crippen LogP contribution in [0, 0.1) is 0 Å². The van der Waals surface area contributed by atoms with Crippen molar-refractivity contribution in [2.75, 3.05) is 12.8 Å². The molecule has 0 bridgehead atoms. The van der Waals surface area contributed by atoms with Crippen LogP contribution in [0.15, 0.2) is 0 Å². The van der Waals surface area contributed by atoms with Gasteiger partial charge in [0.1, 0.15) is 0 Å². The Hall–Kier alpha value is -0.750. The largest absolute Gasteiger partial charge is 0.304 e. The van der Waals surface area contributed by atoms with E-state index in [2.05, 4.69) is 5.32 Å². The van der Waals surface area contributed by atoms with Crippen molar-refractivity contribution in [1.29, 1.82) is 0 Å². The lowest BCUT2D eigenvalue weighted by molar-refractivity contribution is -0.140. The van der Waals surface area contributed by atoms with Gasteiger partial charge in [-0.2, -0.15) is 0 Å². The number of imide groups is 1. The molecule has 1 saturated heterocycles. The number of hydrogen-bond donors (Lipinski definition) is 1. The van der Waals surface area contributed by atoms with Crippen molar-refractivity contribution in [1.82, 2.24) is 10.2 Å². The van der Waals surface area contributed by atoms with Crippen molar-refractivity contribution >= 4 is 22.6 Å². The van der Waals surface area contributed by atoms with E-state index in [1.807, 2.05) is 20.8 Å². The highest BCUT2D eigenvalue weighted by Gasteiger charge is 2.39. The van der Waals surface area contributed by atoms with Gasteiger partial charge < -0.3 is 5.32 Å². The number of likely N-dealkylation sites (tertiary alicyclic amines) is 1. The molecule has 98 valence electrons. The Kier molecular flexibility index (Phi) is 4.82. The Morgan fingerprint density at radius 1 is 1.41 bits per heavy atom. The molecule has 3 atom stereocenters. The molecular weight excluding hydrogens is 240 g/mol. The Morgan fingerprint density at radius 2 is 2.00 bits per heavy atom. The maximum Gasteiger partial charge on any atom is 0.247 e. The molecule has 0 aliphatic carbocycles. The van der Waals surface area contributed by atoms with E-state index in [-0.39, 0.29) is 29.5 Å². The monoisotopic (exact) mass is 260 g/mol. The molecule has 3 unspecified atom stereocenters. The summed E-state index contributed by atoms with van der Waals surface area (Å²) in [6, 6.07) is -0.546. The molecule has 2 amide bonds. The summed E-state index contributed by atoms with van der Waals surface area (Å²) in [5.41, 5.74) is 0. The minimum Gasteiger partial charge on any atom is -0.304 e. The molecule has 1 rings (SSSR count). The molecule has 1 heterocycles. The van der Waals surface area contributed by atoms with Crippen LogP contribution in [-0.2, 0) is 20.4 Å². The summed E-state index contributed by atoms with van der Waals surface area (Å²) in [5.74, 6) is -0.299. The number of hydrogen-bond acceptors (Lipinski definition) is 4. The molecule has 5 nitrogen and oxygen atoms in total. The standard InChI is InChI=1S/C11H20N2O3S/c1-7(2)13-10(14)5-9(11(13)15)12-6-8(3)17(4)16/h7-9,12H,5-6H2,1-4H3. The van der Waals surface area contributed by atoms with Gasteiger partial charge in [-0.15, -0.1) is 0 Å². The average molecular weight is 260 g/mol. The third-order valence-electron chi connectivity index (χ3n) is 2.92. The number of nitrogens with one attached hydrogen (secondary N) is 1. The van der Waals surface area contributed by atoms with Gasteiger partial charge in [-0.25, -0.2) is 0 Å². The first-order valence-electron chi connectivity index (χ1n) is 5.76. The number of amides is 2. The summed E-state index contributed by atoms with van der Waals surface area (Å²) in [6.45, 7) is 5.98. The van der Waals surface area contributed by atoms with E-state index in [0.29, 0.717) is 6.54 Å². The van der Waals surface area contributed by atoms with Crippen molar-refractivity contribution in [3.8, 4) is 0 Å². The van der Waals surface area contributed by atoms with Gasteiger partial charge in [0.25, 0.3) is 0 Å². The van der Waals surface area contributed by atoms with Crippen molar-refractivity contribution in [3.63, 3.8) is 0 Å². The van der Waals surface area contributed by atoms with Crippen LogP contribution in [0.2, 0.25) is 0 Å². The smallest absolute Gasteiger partial charge is 0.247 e. The molecule has 17 heavy (non-hydrogen) atoms. The third-order valence-corrected chi connectivity index (χ3v) is 4.22. The van der Waals surface area contributed by atoms with Gasteiger partial charge in [0, 0.05) is 34.9 Å². The first-order valence-corrected chi connectivity index (χ1v) is 7.38. The van der Waals surface area contributed by atoms with E-state index in [1.165, 1.54) is 4.90 Å².